The van der Waals surface area contributed by atoms with Crippen LogP contribution in [-0.4, -0.2) is 80.5 Å². The van der Waals surface area contributed by atoms with Crippen LogP contribution in [0.5, 0.6) is 17.2 Å². The number of thioether (sulfide) groups is 1. The number of ether oxygens (including phenoxy) is 3. The molecule has 3 aromatic carbocycles. The first-order valence-corrected chi connectivity index (χ1v) is 15.7. The molecule has 10 heteroatoms. The number of nitrogens with zero attached hydrogens (tertiary/aromatic N) is 3. The summed E-state index contributed by atoms with van der Waals surface area (Å²) in [5, 5.41) is 0.314. The molecule has 0 N–H and O–H groups in total. The van der Waals surface area contributed by atoms with Crippen LogP contribution in [-0.2, 0) is 9.53 Å². The molecule has 2 heterocycles. The lowest BCUT2D eigenvalue weighted by Gasteiger charge is -2.34. The SMILES string of the molecule is COCCN1CCN(CCCCOc2ccc(N3C(=O)SC(=Cc4ccc(Oc5ccc(Cl)cc5)cc4)C3=O)cc2)CC1. The van der Waals surface area contributed by atoms with E-state index in [9.17, 15) is 9.59 Å². The maximum atomic E-state index is 13.1. The number of hydrogen-bond acceptors (Lipinski definition) is 8. The van der Waals surface area contributed by atoms with Gasteiger partial charge in [-0.3, -0.25) is 14.5 Å². The molecule has 5 rings (SSSR count). The number of unbranched alkanes of at least 4 members (excludes halogenated alkanes) is 1. The molecule has 0 radical (unpaired) electrons. The van der Waals surface area contributed by atoms with Gasteiger partial charge in [0.1, 0.15) is 17.2 Å². The van der Waals surface area contributed by atoms with Gasteiger partial charge in [-0.25, -0.2) is 4.90 Å². The minimum absolute atomic E-state index is 0.327. The minimum Gasteiger partial charge on any atom is -0.494 e. The maximum Gasteiger partial charge on any atom is 0.298 e. The predicted molar refractivity (Wildman–Crippen MR) is 172 cm³/mol. The first kappa shape index (κ1) is 31.1. The summed E-state index contributed by atoms with van der Waals surface area (Å²) >= 11 is 6.86. The van der Waals surface area contributed by atoms with E-state index in [1.807, 2.05) is 24.3 Å². The maximum absolute atomic E-state index is 13.1. The summed E-state index contributed by atoms with van der Waals surface area (Å²) in [6, 6.07) is 21.5. The van der Waals surface area contributed by atoms with Gasteiger partial charge in [0.05, 0.1) is 23.8 Å². The van der Waals surface area contributed by atoms with E-state index in [0.717, 1.165) is 81.8 Å². The van der Waals surface area contributed by atoms with Crippen molar-refractivity contribution in [1.29, 1.82) is 0 Å². The number of halogens is 1. The van der Waals surface area contributed by atoms with Crippen molar-refractivity contribution in [3.63, 3.8) is 0 Å². The van der Waals surface area contributed by atoms with Gasteiger partial charge in [0.15, 0.2) is 0 Å². The summed E-state index contributed by atoms with van der Waals surface area (Å²) in [5.74, 6) is 1.71. The molecular formula is C33H36ClN3O5S. The standard InChI is InChI=1S/C33H36ClN3O5S/c1-40-23-21-36-19-17-35(18-20-36)16-2-3-22-41-28-14-8-27(9-15-28)37-32(38)31(43-33(37)39)24-25-4-10-29(11-5-25)42-30-12-6-26(34)7-13-30/h4-15,24H,2-3,16-23H2,1H3. The number of rotatable bonds is 13. The Morgan fingerprint density at radius 3 is 2.02 bits per heavy atom. The zero-order valence-corrected chi connectivity index (χ0v) is 25.8. The second kappa shape index (κ2) is 15.4. The molecule has 0 unspecified atom stereocenters. The van der Waals surface area contributed by atoms with E-state index < -0.39 is 0 Å². The Bertz CT molecular complexity index is 1390. The molecule has 2 aliphatic heterocycles. The topological polar surface area (TPSA) is 71.6 Å². The Balaban J connectivity index is 1.06. The van der Waals surface area contributed by atoms with Crippen LogP contribution in [0.25, 0.3) is 6.08 Å². The molecule has 0 bridgehead atoms. The fourth-order valence-corrected chi connectivity index (χ4v) is 5.86. The van der Waals surface area contributed by atoms with Crippen molar-refractivity contribution in [1.82, 2.24) is 9.80 Å². The third-order valence-corrected chi connectivity index (χ3v) is 8.45. The average molecular weight is 622 g/mol. The van der Waals surface area contributed by atoms with Gasteiger partial charge in [0.25, 0.3) is 11.1 Å². The van der Waals surface area contributed by atoms with E-state index in [1.54, 1.807) is 61.7 Å². The van der Waals surface area contributed by atoms with Crippen LogP contribution >= 0.6 is 23.4 Å². The number of methoxy groups -OCH3 is 1. The van der Waals surface area contributed by atoms with Crippen LogP contribution in [0.3, 0.4) is 0 Å². The number of piperazine rings is 1. The van der Waals surface area contributed by atoms with Crippen LogP contribution in [0.1, 0.15) is 18.4 Å². The zero-order chi connectivity index (χ0) is 30.0. The molecule has 226 valence electrons. The summed E-state index contributed by atoms with van der Waals surface area (Å²) in [4.78, 5) is 32.4. The van der Waals surface area contributed by atoms with E-state index in [1.165, 1.54) is 4.90 Å². The van der Waals surface area contributed by atoms with Crippen molar-refractivity contribution in [2.75, 3.05) is 64.5 Å². The second-order valence-electron chi connectivity index (χ2n) is 10.4. The molecule has 2 saturated heterocycles. The number of hydrogen-bond donors (Lipinski definition) is 0. The van der Waals surface area contributed by atoms with Crippen molar-refractivity contribution >= 4 is 46.3 Å². The molecule has 2 aliphatic rings. The summed E-state index contributed by atoms with van der Waals surface area (Å²) in [7, 11) is 1.75. The van der Waals surface area contributed by atoms with Gasteiger partial charge in [0, 0.05) is 44.9 Å². The summed E-state index contributed by atoms with van der Waals surface area (Å²) in [6.45, 7) is 7.89. The van der Waals surface area contributed by atoms with Crippen LogP contribution in [0.4, 0.5) is 10.5 Å². The highest BCUT2D eigenvalue weighted by molar-refractivity contribution is 8.19. The van der Waals surface area contributed by atoms with Gasteiger partial charge in [0.2, 0.25) is 0 Å². The van der Waals surface area contributed by atoms with Gasteiger partial charge < -0.3 is 19.1 Å². The molecule has 0 spiro atoms. The molecule has 0 aromatic heterocycles. The summed E-state index contributed by atoms with van der Waals surface area (Å²) in [6.07, 6.45) is 3.76. The quantitative estimate of drug-likeness (QED) is 0.153. The molecule has 43 heavy (non-hydrogen) atoms. The lowest BCUT2D eigenvalue weighted by molar-refractivity contribution is -0.113. The molecule has 0 aliphatic carbocycles. The van der Waals surface area contributed by atoms with Gasteiger partial charge in [-0.15, -0.1) is 0 Å². The summed E-state index contributed by atoms with van der Waals surface area (Å²) < 4.78 is 16.9. The van der Waals surface area contributed by atoms with Crippen molar-refractivity contribution in [2.45, 2.75) is 12.8 Å². The highest BCUT2D eigenvalue weighted by Crippen LogP contribution is 2.36. The van der Waals surface area contributed by atoms with Crippen LogP contribution in [0.2, 0.25) is 5.02 Å². The summed E-state index contributed by atoms with van der Waals surface area (Å²) in [5.41, 5.74) is 1.32. The number of anilines is 1. The Labute approximate surface area is 262 Å². The normalized spacial score (nSPS) is 17.2. The average Bonchev–Trinajstić information content (AvgIpc) is 3.30. The molecule has 2 amide bonds. The van der Waals surface area contributed by atoms with Crippen molar-refractivity contribution in [2.24, 2.45) is 0 Å². The van der Waals surface area contributed by atoms with E-state index in [-0.39, 0.29) is 11.1 Å². The number of benzene rings is 3. The van der Waals surface area contributed by atoms with Crippen molar-refractivity contribution in [3.05, 3.63) is 88.3 Å². The molecule has 8 nitrogen and oxygen atoms in total. The lowest BCUT2D eigenvalue weighted by atomic mass is 10.2. The molecule has 3 aromatic rings. The number of carbonyl (C=O) groups excluding carboxylic acids is 2. The first-order valence-electron chi connectivity index (χ1n) is 14.5. The first-order chi connectivity index (χ1) is 21.0. The largest absolute Gasteiger partial charge is 0.494 e. The van der Waals surface area contributed by atoms with Gasteiger partial charge in [-0.1, -0.05) is 23.7 Å². The van der Waals surface area contributed by atoms with E-state index in [4.69, 9.17) is 25.8 Å². The Morgan fingerprint density at radius 1 is 0.767 bits per heavy atom. The highest BCUT2D eigenvalue weighted by atomic mass is 35.5. The number of amides is 2. The molecule has 0 saturated carbocycles. The zero-order valence-electron chi connectivity index (χ0n) is 24.2. The second-order valence-corrected chi connectivity index (χ2v) is 11.8. The van der Waals surface area contributed by atoms with Crippen LogP contribution in [0, 0.1) is 0 Å². The van der Waals surface area contributed by atoms with Gasteiger partial charge in [-0.05, 0) is 103 Å². The molecule has 0 atom stereocenters. The smallest absolute Gasteiger partial charge is 0.298 e. The van der Waals surface area contributed by atoms with Crippen LogP contribution in [0.15, 0.2) is 77.7 Å². The predicted octanol–water partition coefficient (Wildman–Crippen LogP) is 6.80. The third-order valence-electron chi connectivity index (χ3n) is 7.33. The fraction of sp³-hybridized carbons (Fsp3) is 0.333. The monoisotopic (exact) mass is 621 g/mol. The lowest BCUT2D eigenvalue weighted by Crippen LogP contribution is -2.47. The Kier molecular flexibility index (Phi) is 11.1. The van der Waals surface area contributed by atoms with E-state index in [0.29, 0.717) is 33.7 Å². The van der Waals surface area contributed by atoms with Crippen LogP contribution < -0.4 is 14.4 Å². The molecule has 2 fully saturated rings. The van der Waals surface area contributed by atoms with E-state index in [2.05, 4.69) is 9.80 Å². The number of imide groups is 1. The Hall–Kier alpha value is -3.34. The fourth-order valence-electron chi connectivity index (χ4n) is 4.89. The number of carbonyl (C=O) groups is 2. The van der Waals surface area contributed by atoms with E-state index >= 15 is 0 Å². The van der Waals surface area contributed by atoms with Crippen molar-refractivity contribution in [3.8, 4) is 17.2 Å². The van der Waals surface area contributed by atoms with Gasteiger partial charge >= 0.3 is 0 Å². The van der Waals surface area contributed by atoms with Gasteiger partial charge in [-0.2, -0.15) is 0 Å². The Morgan fingerprint density at radius 2 is 1.37 bits per heavy atom. The van der Waals surface area contributed by atoms with Crippen molar-refractivity contribution < 1.29 is 23.8 Å². The minimum atomic E-state index is -0.343. The third kappa shape index (κ3) is 8.84. The highest BCUT2D eigenvalue weighted by Gasteiger charge is 2.36. The molecular weight excluding hydrogens is 586 g/mol.